The van der Waals surface area contributed by atoms with Gasteiger partial charge in [-0.3, -0.25) is 0 Å². The lowest BCUT2D eigenvalue weighted by atomic mass is 10.1. The number of likely N-dealkylation sites (N-methyl/N-ethyl adjacent to an activating group) is 1. The summed E-state index contributed by atoms with van der Waals surface area (Å²) in [5, 5.41) is 11.3. The van der Waals surface area contributed by atoms with Crippen molar-refractivity contribution < 1.29 is 24.1 Å². The second kappa shape index (κ2) is 10.6. The van der Waals surface area contributed by atoms with Crippen molar-refractivity contribution in [2.45, 2.75) is 15.9 Å². The third-order valence-electron chi connectivity index (χ3n) is 4.38. The first kappa shape index (κ1) is 23.0. The summed E-state index contributed by atoms with van der Waals surface area (Å²) in [6.45, 7) is 1.13. The molecule has 1 heterocycles. The number of benzene rings is 2. The van der Waals surface area contributed by atoms with E-state index in [0.717, 1.165) is 21.2 Å². The molecule has 0 saturated heterocycles. The number of methoxy groups -OCH3 is 2. The normalized spacial score (nSPS) is 13.8. The molecule has 0 radical (unpaired) electrons. The van der Waals surface area contributed by atoms with Gasteiger partial charge in [-0.05, 0) is 32.3 Å². The van der Waals surface area contributed by atoms with Crippen molar-refractivity contribution >= 4 is 34.7 Å². The predicted octanol–water partition coefficient (Wildman–Crippen LogP) is 3.83. The van der Waals surface area contributed by atoms with Crippen molar-refractivity contribution in [3.8, 4) is 11.5 Å². The number of fused-ring (bicyclic) bond motifs is 2. The number of aliphatic hydroxyl groups is 1. The van der Waals surface area contributed by atoms with Crippen LogP contribution in [0.15, 0.2) is 40.1 Å². The molecule has 1 aliphatic rings. The van der Waals surface area contributed by atoms with Crippen LogP contribution < -0.4 is 14.4 Å². The van der Waals surface area contributed by atoms with Crippen molar-refractivity contribution in [1.82, 2.24) is 4.90 Å². The van der Waals surface area contributed by atoms with Gasteiger partial charge in [-0.15, -0.1) is 0 Å². The predicted molar refractivity (Wildman–Crippen MR) is 119 cm³/mol. The van der Waals surface area contributed by atoms with Crippen LogP contribution in [0.5, 0.6) is 11.5 Å². The SMILES string of the molecule is COCOc1cc2c(cc1OCOC)N(CC(O)CN(C)C)c1cc(Cl)ccc1S2. The maximum absolute atomic E-state index is 10.7. The molecule has 1 aliphatic heterocycles. The summed E-state index contributed by atoms with van der Waals surface area (Å²) in [4.78, 5) is 6.06. The van der Waals surface area contributed by atoms with Crippen LogP contribution in [0.25, 0.3) is 0 Å². The van der Waals surface area contributed by atoms with E-state index in [2.05, 4.69) is 4.90 Å². The molecular weight excluding hydrogens is 428 g/mol. The van der Waals surface area contributed by atoms with Crippen LogP contribution in [0, 0.1) is 0 Å². The Labute approximate surface area is 186 Å². The van der Waals surface area contributed by atoms with Crippen molar-refractivity contribution in [3.63, 3.8) is 0 Å². The van der Waals surface area contributed by atoms with Gasteiger partial charge < -0.3 is 33.9 Å². The molecule has 2 aromatic carbocycles. The minimum Gasteiger partial charge on any atom is -0.464 e. The number of β-amino-alcohol motifs (C(OH)–C–C–N with tert-alkyl or cyclic N) is 1. The van der Waals surface area contributed by atoms with Crippen LogP contribution in [0.4, 0.5) is 11.4 Å². The highest BCUT2D eigenvalue weighted by Crippen LogP contribution is 2.52. The molecule has 0 amide bonds. The van der Waals surface area contributed by atoms with E-state index < -0.39 is 6.10 Å². The summed E-state index contributed by atoms with van der Waals surface area (Å²) in [5.41, 5.74) is 1.85. The Balaban J connectivity index is 2.04. The lowest BCUT2D eigenvalue weighted by molar-refractivity contribution is 0.0321. The second-order valence-electron chi connectivity index (χ2n) is 7.11. The van der Waals surface area contributed by atoms with Gasteiger partial charge in [0.25, 0.3) is 0 Å². The summed E-state index contributed by atoms with van der Waals surface area (Å²) >= 11 is 7.91. The second-order valence-corrected chi connectivity index (χ2v) is 8.63. The van der Waals surface area contributed by atoms with E-state index in [1.807, 2.05) is 49.3 Å². The highest BCUT2D eigenvalue weighted by atomic mass is 35.5. The van der Waals surface area contributed by atoms with Crippen LogP contribution in [-0.2, 0) is 9.47 Å². The van der Waals surface area contributed by atoms with Gasteiger partial charge in [-0.1, -0.05) is 23.4 Å². The molecule has 1 N–H and O–H groups in total. The number of anilines is 2. The van der Waals surface area contributed by atoms with Crippen molar-refractivity contribution in [1.29, 1.82) is 0 Å². The fraction of sp³-hybridized carbons (Fsp3) is 0.429. The van der Waals surface area contributed by atoms with Gasteiger partial charge in [0, 0.05) is 47.7 Å². The van der Waals surface area contributed by atoms with E-state index in [-0.39, 0.29) is 13.6 Å². The van der Waals surface area contributed by atoms with Crippen molar-refractivity contribution in [3.05, 3.63) is 35.4 Å². The molecule has 1 unspecified atom stereocenters. The minimum absolute atomic E-state index is 0.0843. The molecule has 0 bridgehead atoms. The summed E-state index contributed by atoms with van der Waals surface area (Å²) in [7, 11) is 7.00. The largest absolute Gasteiger partial charge is 0.464 e. The maximum atomic E-state index is 10.7. The smallest absolute Gasteiger partial charge is 0.188 e. The van der Waals surface area contributed by atoms with E-state index in [1.54, 1.807) is 26.0 Å². The molecule has 0 saturated carbocycles. The third-order valence-corrected chi connectivity index (χ3v) is 5.73. The zero-order chi connectivity index (χ0) is 21.7. The van der Waals surface area contributed by atoms with Crippen LogP contribution in [0.3, 0.4) is 0 Å². The Hall–Kier alpha value is -1.68. The van der Waals surface area contributed by atoms with Crippen LogP contribution in [-0.4, -0.2) is 71.1 Å². The first-order chi connectivity index (χ1) is 14.4. The Bertz CT molecular complexity index is 868. The molecule has 7 nitrogen and oxygen atoms in total. The molecule has 0 aromatic heterocycles. The summed E-state index contributed by atoms with van der Waals surface area (Å²) in [6, 6.07) is 9.60. The maximum Gasteiger partial charge on any atom is 0.188 e. The molecule has 2 aromatic rings. The molecule has 9 heteroatoms. The van der Waals surface area contributed by atoms with Crippen LogP contribution >= 0.6 is 23.4 Å². The Kier molecular flexibility index (Phi) is 8.10. The first-order valence-corrected chi connectivity index (χ1v) is 10.6. The lowest BCUT2D eigenvalue weighted by Gasteiger charge is -2.35. The quantitative estimate of drug-likeness (QED) is 0.543. The number of halogens is 1. The number of hydrogen-bond donors (Lipinski definition) is 1. The molecule has 30 heavy (non-hydrogen) atoms. The molecule has 0 aliphatic carbocycles. The zero-order valence-electron chi connectivity index (χ0n) is 17.6. The van der Waals surface area contributed by atoms with Gasteiger partial charge in [0.15, 0.2) is 25.1 Å². The van der Waals surface area contributed by atoms with Crippen LogP contribution in [0.1, 0.15) is 0 Å². The van der Waals surface area contributed by atoms with Gasteiger partial charge in [0.2, 0.25) is 0 Å². The number of hydrogen-bond acceptors (Lipinski definition) is 8. The van der Waals surface area contributed by atoms with E-state index >= 15 is 0 Å². The van der Waals surface area contributed by atoms with Gasteiger partial charge in [-0.25, -0.2) is 0 Å². The van der Waals surface area contributed by atoms with E-state index in [4.69, 9.17) is 30.5 Å². The number of rotatable bonds is 10. The highest BCUT2D eigenvalue weighted by molar-refractivity contribution is 7.99. The molecule has 1 atom stereocenters. The highest BCUT2D eigenvalue weighted by Gasteiger charge is 2.28. The van der Waals surface area contributed by atoms with Crippen LogP contribution in [0.2, 0.25) is 5.02 Å². The fourth-order valence-electron chi connectivity index (χ4n) is 3.22. The monoisotopic (exact) mass is 454 g/mol. The molecule has 0 fully saturated rings. The fourth-order valence-corrected chi connectivity index (χ4v) is 4.47. The van der Waals surface area contributed by atoms with E-state index in [0.29, 0.717) is 29.6 Å². The van der Waals surface area contributed by atoms with Gasteiger partial charge in [-0.2, -0.15) is 0 Å². The van der Waals surface area contributed by atoms with Crippen molar-refractivity contribution in [2.24, 2.45) is 0 Å². The van der Waals surface area contributed by atoms with Gasteiger partial charge in [0.1, 0.15) is 0 Å². The number of nitrogens with zero attached hydrogens (tertiary/aromatic N) is 2. The average molecular weight is 455 g/mol. The Morgan fingerprint density at radius 1 is 1.00 bits per heavy atom. The topological polar surface area (TPSA) is 63.6 Å². The molecule has 164 valence electrons. The molecule has 0 spiro atoms. The zero-order valence-corrected chi connectivity index (χ0v) is 19.1. The first-order valence-electron chi connectivity index (χ1n) is 9.42. The minimum atomic E-state index is -0.560. The van der Waals surface area contributed by atoms with Gasteiger partial charge in [0.05, 0.1) is 24.0 Å². The summed E-state index contributed by atoms with van der Waals surface area (Å²) in [6.07, 6.45) is -0.560. The van der Waals surface area contributed by atoms with Crippen molar-refractivity contribution in [2.75, 3.05) is 59.9 Å². The van der Waals surface area contributed by atoms with E-state index in [9.17, 15) is 5.11 Å². The summed E-state index contributed by atoms with van der Waals surface area (Å²) < 4.78 is 21.6. The Morgan fingerprint density at radius 2 is 1.63 bits per heavy atom. The average Bonchev–Trinajstić information content (AvgIpc) is 2.70. The molecular formula is C21H27ClN2O5S. The molecule has 3 rings (SSSR count). The standard InChI is InChI=1S/C21H27ClN2O5S/c1-23(2)10-15(25)11-24-16-7-14(22)5-6-20(16)30-21-9-19(29-13-27-4)18(8-17(21)24)28-12-26-3/h5-9,15,25H,10-13H2,1-4H3. The van der Waals surface area contributed by atoms with Gasteiger partial charge >= 0.3 is 0 Å². The lowest BCUT2D eigenvalue weighted by Crippen LogP contribution is -2.36. The Morgan fingerprint density at radius 3 is 2.27 bits per heavy atom. The third kappa shape index (κ3) is 5.51. The number of ether oxygens (including phenoxy) is 4. The summed E-state index contributed by atoms with van der Waals surface area (Å²) in [5.74, 6) is 1.09. The van der Waals surface area contributed by atoms with E-state index in [1.165, 1.54) is 0 Å². The number of aliphatic hydroxyl groups excluding tert-OH is 1.